The Kier molecular flexibility index (Phi) is 4.71. The van der Waals surface area contributed by atoms with E-state index >= 15 is 0 Å². The van der Waals surface area contributed by atoms with Crippen LogP contribution in [0.2, 0.25) is 0 Å². The second-order valence-electron chi connectivity index (χ2n) is 5.21. The predicted molar refractivity (Wildman–Crippen MR) is 83.5 cm³/mol. The maximum absolute atomic E-state index is 14.5. The fourth-order valence-corrected chi connectivity index (χ4v) is 3.70. The van der Waals surface area contributed by atoms with Gasteiger partial charge in [0, 0.05) is 48.8 Å². The zero-order valence-electron chi connectivity index (χ0n) is 12.3. The lowest BCUT2D eigenvalue weighted by Crippen LogP contribution is -2.45. The smallest absolute Gasteiger partial charge is 0.134 e. The number of hydrogen-bond acceptors (Lipinski definition) is 4. The average molecular weight is 324 g/mol. The Hall–Kier alpha value is -1.50. The summed E-state index contributed by atoms with van der Waals surface area (Å²) in [6.07, 6.45) is 0. The van der Waals surface area contributed by atoms with E-state index in [2.05, 4.69) is 10.2 Å². The summed E-state index contributed by atoms with van der Waals surface area (Å²) in [6, 6.07) is 5.95. The lowest BCUT2D eigenvalue weighted by molar-refractivity contribution is 0.194. The molecule has 1 saturated heterocycles. The van der Waals surface area contributed by atoms with Gasteiger partial charge in [0.1, 0.15) is 17.4 Å². The minimum atomic E-state index is -0.561. The van der Waals surface area contributed by atoms with Crippen LogP contribution in [0, 0.1) is 11.6 Å². The van der Waals surface area contributed by atoms with Crippen molar-refractivity contribution in [1.82, 2.24) is 10.2 Å². The second kappa shape index (κ2) is 6.73. The first-order valence-corrected chi connectivity index (χ1v) is 8.09. The van der Waals surface area contributed by atoms with Gasteiger partial charge in [0.25, 0.3) is 0 Å². The number of piperazine rings is 1. The molecule has 0 bridgehead atoms. The van der Waals surface area contributed by atoms with Gasteiger partial charge in [-0.1, -0.05) is 6.07 Å². The molecule has 1 aromatic carbocycles. The summed E-state index contributed by atoms with van der Waals surface area (Å²) in [6.45, 7) is 3.16. The van der Waals surface area contributed by atoms with Gasteiger partial charge in [-0.3, -0.25) is 4.90 Å². The molecule has 3 rings (SSSR count). The van der Waals surface area contributed by atoms with E-state index in [1.165, 1.54) is 30.6 Å². The lowest BCUT2D eigenvalue weighted by Gasteiger charge is -2.35. The zero-order valence-corrected chi connectivity index (χ0v) is 13.1. The number of thiophene rings is 1. The van der Waals surface area contributed by atoms with E-state index in [9.17, 15) is 8.78 Å². The fourth-order valence-electron chi connectivity index (χ4n) is 2.83. The highest BCUT2D eigenvalue weighted by Gasteiger charge is 2.30. The van der Waals surface area contributed by atoms with E-state index in [0.717, 1.165) is 31.1 Å². The molecule has 1 aliphatic rings. The number of nitrogens with one attached hydrogen (secondary N) is 1. The van der Waals surface area contributed by atoms with Gasteiger partial charge in [-0.25, -0.2) is 8.78 Å². The molecule has 2 aromatic rings. The van der Waals surface area contributed by atoms with E-state index in [4.69, 9.17) is 4.74 Å². The van der Waals surface area contributed by atoms with Crippen molar-refractivity contribution in [3.8, 4) is 5.75 Å². The monoisotopic (exact) mass is 324 g/mol. The summed E-state index contributed by atoms with van der Waals surface area (Å²) in [5, 5.41) is 5.20. The van der Waals surface area contributed by atoms with Crippen LogP contribution in [0.1, 0.15) is 16.5 Å². The maximum atomic E-state index is 14.5. The predicted octanol–water partition coefficient (Wildman–Crippen LogP) is 3.03. The molecule has 1 aliphatic heterocycles. The van der Waals surface area contributed by atoms with E-state index in [-0.39, 0.29) is 11.3 Å². The van der Waals surface area contributed by atoms with Crippen molar-refractivity contribution in [3.63, 3.8) is 0 Å². The van der Waals surface area contributed by atoms with Crippen molar-refractivity contribution < 1.29 is 13.5 Å². The zero-order chi connectivity index (χ0) is 15.5. The topological polar surface area (TPSA) is 24.5 Å². The highest BCUT2D eigenvalue weighted by Crippen LogP contribution is 2.36. The normalized spacial score (nSPS) is 17.4. The maximum Gasteiger partial charge on any atom is 0.134 e. The molecule has 1 fully saturated rings. The minimum Gasteiger partial charge on any atom is -0.497 e. The largest absolute Gasteiger partial charge is 0.497 e. The molecule has 0 spiro atoms. The molecular formula is C16H18F2N2OS. The van der Waals surface area contributed by atoms with Crippen LogP contribution >= 0.6 is 11.3 Å². The summed E-state index contributed by atoms with van der Waals surface area (Å²) in [5.41, 5.74) is 0.102. The number of nitrogens with zero attached hydrogens (tertiary/aromatic N) is 1. The van der Waals surface area contributed by atoms with Crippen LogP contribution in [-0.2, 0) is 0 Å². The van der Waals surface area contributed by atoms with Crippen molar-refractivity contribution in [3.05, 3.63) is 51.7 Å². The molecule has 1 aromatic heterocycles. The quantitative estimate of drug-likeness (QED) is 0.936. The molecule has 1 atom stereocenters. The third-order valence-electron chi connectivity index (χ3n) is 3.89. The first-order valence-electron chi connectivity index (χ1n) is 7.22. The number of rotatable bonds is 4. The molecule has 3 nitrogen and oxygen atoms in total. The summed E-state index contributed by atoms with van der Waals surface area (Å²) in [5.74, 6) is -0.924. The highest BCUT2D eigenvalue weighted by atomic mass is 32.1. The number of ether oxygens (including phenoxy) is 1. The molecular weight excluding hydrogens is 306 g/mol. The number of halogens is 2. The van der Waals surface area contributed by atoms with Gasteiger partial charge < -0.3 is 10.1 Å². The van der Waals surface area contributed by atoms with Crippen molar-refractivity contribution in [2.24, 2.45) is 0 Å². The van der Waals surface area contributed by atoms with Gasteiger partial charge in [0.15, 0.2) is 0 Å². The summed E-state index contributed by atoms with van der Waals surface area (Å²) in [7, 11) is 1.40. The van der Waals surface area contributed by atoms with E-state index < -0.39 is 17.7 Å². The van der Waals surface area contributed by atoms with Crippen molar-refractivity contribution >= 4 is 11.3 Å². The third-order valence-corrected chi connectivity index (χ3v) is 4.82. The van der Waals surface area contributed by atoms with Gasteiger partial charge in [-0.05, 0) is 11.4 Å². The van der Waals surface area contributed by atoms with Crippen molar-refractivity contribution in [1.29, 1.82) is 0 Å². The first-order chi connectivity index (χ1) is 10.7. The fraction of sp³-hybridized carbons (Fsp3) is 0.375. The molecule has 22 heavy (non-hydrogen) atoms. The van der Waals surface area contributed by atoms with E-state index in [1.807, 2.05) is 17.5 Å². The standard InChI is InChI=1S/C16H18F2N2OS/c1-21-11-9-12(17)15(13(18)10-11)16(14-3-2-8-22-14)20-6-4-19-5-7-20/h2-3,8-10,16,19H,4-7H2,1H3/t16-/m1/s1. The highest BCUT2D eigenvalue weighted by molar-refractivity contribution is 7.10. The van der Waals surface area contributed by atoms with Gasteiger partial charge in [0.05, 0.1) is 13.2 Å². The van der Waals surface area contributed by atoms with Gasteiger partial charge >= 0.3 is 0 Å². The first kappa shape index (κ1) is 15.4. The van der Waals surface area contributed by atoms with E-state index in [0.29, 0.717) is 0 Å². The summed E-state index contributed by atoms with van der Waals surface area (Å²) < 4.78 is 34.0. The van der Waals surface area contributed by atoms with Crippen LogP contribution in [0.5, 0.6) is 5.75 Å². The van der Waals surface area contributed by atoms with Gasteiger partial charge in [-0.2, -0.15) is 0 Å². The molecule has 2 heterocycles. The Morgan fingerprint density at radius 1 is 1.23 bits per heavy atom. The molecule has 1 N–H and O–H groups in total. The number of benzene rings is 1. The van der Waals surface area contributed by atoms with Crippen molar-refractivity contribution in [2.75, 3.05) is 33.3 Å². The Balaban J connectivity index is 2.06. The van der Waals surface area contributed by atoms with Crippen LogP contribution in [0.3, 0.4) is 0 Å². The third kappa shape index (κ3) is 2.99. The molecule has 0 aliphatic carbocycles. The van der Waals surface area contributed by atoms with Gasteiger partial charge in [0.2, 0.25) is 0 Å². The number of hydrogen-bond donors (Lipinski definition) is 1. The minimum absolute atomic E-state index is 0.102. The molecule has 0 saturated carbocycles. The number of methoxy groups -OCH3 is 1. The molecule has 0 unspecified atom stereocenters. The molecule has 0 radical (unpaired) electrons. The molecule has 118 valence electrons. The van der Waals surface area contributed by atoms with Crippen LogP contribution in [0.4, 0.5) is 8.78 Å². The van der Waals surface area contributed by atoms with Crippen LogP contribution < -0.4 is 10.1 Å². The molecule has 0 amide bonds. The lowest BCUT2D eigenvalue weighted by atomic mass is 10.0. The molecule has 6 heteroatoms. The SMILES string of the molecule is COc1cc(F)c([C@@H](c2cccs2)N2CCNCC2)c(F)c1. The summed E-state index contributed by atoms with van der Waals surface area (Å²) >= 11 is 1.52. The van der Waals surface area contributed by atoms with Gasteiger partial charge in [-0.15, -0.1) is 11.3 Å². The van der Waals surface area contributed by atoms with Crippen molar-refractivity contribution in [2.45, 2.75) is 6.04 Å². The second-order valence-corrected chi connectivity index (χ2v) is 6.19. The Labute approximate surface area is 132 Å². The average Bonchev–Trinajstić information content (AvgIpc) is 3.05. The van der Waals surface area contributed by atoms with Crippen LogP contribution in [-0.4, -0.2) is 38.2 Å². The Morgan fingerprint density at radius 3 is 2.45 bits per heavy atom. The summed E-state index contributed by atoms with van der Waals surface area (Å²) in [4.78, 5) is 3.07. The Morgan fingerprint density at radius 2 is 1.91 bits per heavy atom. The van der Waals surface area contributed by atoms with Crippen LogP contribution in [0.15, 0.2) is 29.6 Å². The Bertz CT molecular complexity index is 604. The van der Waals surface area contributed by atoms with E-state index in [1.54, 1.807) is 0 Å². The van der Waals surface area contributed by atoms with Crippen LogP contribution in [0.25, 0.3) is 0 Å².